The molecule has 4 atom stereocenters. The molecule has 3 fully saturated rings. The number of primary amides is 1. The van der Waals surface area contributed by atoms with Crippen molar-refractivity contribution in [2.45, 2.75) is 61.7 Å². The van der Waals surface area contributed by atoms with Crippen LogP contribution in [-0.4, -0.2) is 52.5 Å². The Labute approximate surface area is 157 Å². The molecule has 6 rings (SSSR count). The van der Waals surface area contributed by atoms with Gasteiger partial charge in [0, 0.05) is 24.6 Å². The SMILES string of the molecule is NC(=O)c1ccc2c3c1O[C@H]1C(=O)CCC4(O)[C@@H](C2)N(CC2CC2)CC[C@]314. The van der Waals surface area contributed by atoms with E-state index in [9.17, 15) is 14.7 Å². The first-order valence-electron chi connectivity index (χ1n) is 10.1. The maximum atomic E-state index is 12.8. The Balaban J connectivity index is 1.58. The molecule has 1 amide bonds. The highest BCUT2D eigenvalue weighted by Crippen LogP contribution is 2.64. The molecule has 0 aromatic heterocycles. The smallest absolute Gasteiger partial charge is 0.252 e. The van der Waals surface area contributed by atoms with Crippen LogP contribution in [0.2, 0.25) is 0 Å². The molecule has 1 aromatic rings. The maximum Gasteiger partial charge on any atom is 0.252 e. The van der Waals surface area contributed by atoms with E-state index in [-0.39, 0.29) is 11.8 Å². The zero-order valence-corrected chi connectivity index (χ0v) is 15.2. The average molecular weight is 368 g/mol. The van der Waals surface area contributed by atoms with Gasteiger partial charge in [0.15, 0.2) is 11.9 Å². The van der Waals surface area contributed by atoms with Gasteiger partial charge in [-0.2, -0.15) is 0 Å². The highest BCUT2D eigenvalue weighted by Gasteiger charge is 2.73. The number of nitrogens with two attached hydrogens (primary N) is 1. The number of hydrogen-bond acceptors (Lipinski definition) is 5. The molecule has 2 heterocycles. The average Bonchev–Trinajstić information content (AvgIpc) is 3.37. The second kappa shape index (κ2) is 4.92. The van der Waals surface area contributed by atoms with Gasteiger partial charge in [0.1, 0.15) is 5.75 Å². The summed E-state index contributed by atoms with van der Waals surface area (Å²) in [6.45, 7) is 1.89. The molecule has 3 aliphatic carbocycles. The first-order valence-corrected chi connectivity index (χ1v) is 10.1. The minimum absolute atomic E-state index is 0.00364. The van der Waals surface area contributed by atoms with Crippen molar-refractivity contribution in [3.8, 4) is 5.75 Å². The van der Waals surface area contributed by atoms with Gasteiger partial charge in [0.05, 0.1) is 16.6 Å². The van der Waals surface area contributed by atoms with Crippen LogP contribution in [0.15, 0.2) is 12.1 Å². The van der Waals surface area contributed by atoms with Crippen molar-refractivity contribution in [3.05, 3.63) is 28.8 Å². The second-order valence-corrected chi connectivity index (χ2v) is 9.11. The largest absolute Gasteiger partial charge is 0.480 e. The van der Waals surface area contributed by atoms with Crippen molar-refractivity contribution >= 4 is 11.7 Å². The van der Waals surface area contributed by atoms with Crippen LogP contribution in [0.3, 0.4) is 0 Å². The van der Waals surface area contributed by atoms with Gasteiger partial charge in [-0.15, -0.1) is 0 Å². The number of carbonyl (C=O) groups is 2. The number of aliphatic hydroxyl groups is 1. The molecular formula is C21H24N2O4. The number of nitrogens with zero attached hydrogens (tertiary/aromatic N) is 1. The van der Waals surface area contributed by atoms with Gasteiger partial charge < -0.3 is 15.6 Å². The van der Waals surface area contributed by atoms with E-state index in [0.717, 1.165) is 36.6 Å². The molecular weight excluding hydrogens is 344 g/mol. The number of Topliss-reactive ketones (excluding diaryl/α,β-unsaturated/α-hetero) is 1. The fourth-order valence-corrected chi connectivity index (χ4v) is 6.47. The molecule has 1 unspecified atom stereocenters. The Kier molecular flexibility index (Phi) is 2.93. The fourth-order valence-electron chi connectivity index (χ4n) is 6.47. The van der Waals surface area contributed by atoms with Crippen LogP contribution < -0.4 is 10.5 Å². The Bertz CT molecular complexity index is 894. The van der Waals surface area contributed by atoms with E-state index in [1.807, 2.05) is 6.07 Å². The van der Waals surface area contributed by atoms with Gasteiger partial charge in [0.25, 0.3) is 5.91 Å². The fraction of sp³-hybridized carbons (Fsp3) is 0.619. The number of piperidine rings is 1. The topological polar surface area (TPSA) is 92.9 Å². The van der Waals surface area contributed by atoms with Gasteiger partial charge in [-0.3, -0.25) is 14.5 Å². The zero-order valence-electron chi connectivity index (χ0n) is 15.2. The van der Waals surface area contributed by atoms with Crippen molar-refractivity contribution in [2.75, 3.05) is 13.1 Å². The van der Waals surface area contributed by atoms with E-state index in [4.69, 9.17) is 10.5 Å². The molecule has 1 saturated heterocycles. The van der Waals surface area contributed by atoms with Gasteiger partial charge in [-0.05, 0) is 56.2 Å². The van der Waals surface area contributed by atoms with E-state index in [2.05, 4.69) is 4.90 Å². The third kappa shape index (κ3) is 1.79. The standard InChI is InChI=1S/C21H24N2O4/c22-19(25)13-4-3-12-9-15-21(26)6-5-14(24)18-20(21,16(12)17(13)27-18)7-8-23(15)10-11-1-2-11/h3-4,11,15,18,26H,1-2,5-10H2,(H2,22,25)/t15-,18+,20+,21?/m1/s1. The second-order valence-electron chi connectivity index (χ2n) is 9.11. The number of rotatable bonds is 3. The number of amides is 1. The molecule has 6 heteroatoms. The summed E-state index contributed by atoms with van der Waals surface area (Å²) >= 11 is 0. The van der Waals surface area contributed by atoms with Crippen LogP contribution >= 0.6 is 0 Å². The Morgan fingerprint density at radius 1 is 1.33 bits per heavy atom. The Morgan fingerprint density at radius 3 is 2.89 bits per heavy atom. The summed E-state index contributed by atoms with van der Waals surface area (Å²) < 4.78 is 6.15. The summed E-state index contributed by atoms with van der Waals surface area (Å²) in [6.07, 6.45) is 4.07. The molecule has 27 heavy (non-hydrogen) atoms. The predicted molar refractivity (Wildman–Crippen MR) is 96.7 cm³/mol. The van der Waals surface area contributed by atoms with Gasteiger partial charge >= 0.3 is 0 Å². The quantitative estimate of drug-likeness (QED) is 0.828. The summed E-state index contributed by atoms with van der Waals surface area (Å²) in [5.41, 5.74) is 6.17. The summed E-state index contributed by atoms with van der Waals surface area (Å²) in [5, 5.41) is 12.1. The van der Waals surface area contributed by atoms with E-state index in [1.165, 1.54) is 12.8 Å². The molecule has 3 N–H and O–H groups in total. The minimum atomic E-state index is -0.993. The van der Waals surface area contributed by atoms with E-state index >= 15 is 0 Å². The van der Waals surface area contributed by atoms with E-state index in [0.29, 0.717) is 30.6 Å². The van der Waals surface area contributed by atoms with E-state index in [1.54, 1.807) is 6.07 Å². The molecule has 0 radical (unpaired) electrons. The number of ether oxygens (including phenoxy) is 1. The molecule has 142 valence electrons. The maximum absolute atomic E-state index is 12.8. The van der Waals surface area contributed by atoms with Gasteiger partial charge in [-0.25, -0.2) is 0 Å². The van der Waals surface area contributed by atoms with E-state index < -0.39 is 23.0 Å². The van der Waals surface area contributed by atoms with Crippen molar-refractivity contribution < 1.29 is 19.4 Å². The summed E-state index contributed by atoms with van der Waals surface area (Å²) in [7, 11) is 0. The summed E-state index contributed by atoms with van der Waals surface area (Å²) in [5.74, 6) is 0.686. The highest BCUT2D eigenvalue weighted by atomic mass is 16.5. The number of carbonyl (C=O) groups excluding carboxylic acids is 2. The minimum Gasteiger partial charge on any atom is -0.480 e. The lowest BCUT2D eigenvalue weighted by Gasteiger charge is -2.62. The summed E-state index contributed by atoms with van der Waals surface area (Å²) in [4.78, 5) is 27.3. The van der Waals surface area contributed by atoms with Crippen LogP contribution in [-0.2, 0) is 16.6 Å². The lowest BCUT2D eigenvalue weighted by atomic mass is 9.49. The van der Waals surface area contributed by atoms with Crippen LogP contribution in [0.1, 0.15) is 53.6 Å². The number of benzene rings is 1. The number of ketones is 1. The molecule has 6 nitrogen and oxygen atoms in total. The van der Waals surface area contributed by atoms with Gasteiger partial charge in [-0.1, -0.05) is 6.07 Å². The predicted octanol–water partition coefficient (Wildman–Crippen LogP) is 0.919. The molecule has 5 aliphatic rings. The number of likely N-dealkylation sites (tertiary alicyclic amines) is 1. The normalized spacial score (nSPS) is 39.1. The molecule has 2 saturated carbocycles. The molecule has 1 aromatic carbocycles. The third-order valence-electron chi connectivity index (χ3n) is 7.84. The molecule has 2 bridgehead atoms. The van der Waals surface area contributed by atoms with Crippen molar-refractivity contribution in [3.63, 3.8) is 0 Å². The van der Waals surface area contributed by atoms with Gasteiger partial charge in [0.2, 0.25) is 0 Å². The monoisotopic (exact) mass is 368 g/mol. The highest BCUT2D eigenvalue weighted by molar-refractivity contribution is 5.98. The first-order chi connectivity index (χ1) is 13.0. The van der Waals surface area contributed by atoms with Crippen LogP contribution in [0.5, 0.6) is 5.75 Å². The number of hydrogen-bond donors (Lipinski definition) is 2. The first kappa shape index (κ1) is 16.1. The van der Waals surface area contributed by atoms with Crippen LogP contribution in [0.4, 0.5) is 0 Å². The molecule has 2 aliphatic heterocycles. The van der Waals surface area contributed by atoms with Crippen molar-refractivity contribution in [1.29, 1.82) is 0 Å². The molecule has 1 spiro atoms. The zero-order chi connectivity index (χ0) is 18.6. The van der Waals surface area contributed by atoms with Crippen molar-refractivity contribution in [1.82, 2.24) is 4.90 Å². The third-order valence-corrected chi connectivity index (χ3v) is 7.84. The lowest BCUT2D eigenvalue weighted by molar-refractivity contribution is -0.188. The Morgan fingerprint density at radius 2 is 2.15 bits per heavy atom. The van der Waals surface area contributed by atoms with Crippen LogP contribution in [0, 0.1) is 5.92 Å². The van der Waals surface area contributed by atoms with Crippen molar-refractivity contribution in [2.24, 2.45) is 11.7 Å². The summed E-state index contributed by atoms with van der Waals surface area (Å²) in [6, 6.07) is 3.68. The van der Waals surface area contributed by atoms with Crippen LogP contribution in [0.25, 0.3) is 0 Å². The Hall–Kier alpha value is -1.92. The lowest BCUT2D eigenvalue weighted by Crippen LogP contribution is -2.76.